The quantitative estimate of drug-likeness (QED) is 0.458. The topological polar surface area (TPSA) is 85.4 Å². The molecule has 3 aliphatic heterocycles. The molecule has 2 aliphatic carbocycles. The molecule has 0 bridgehead atoms. The molecule has 0 aromatic carbocycles. The maximum absolute atomic E-state index is 12.6. The van der Waals surface area contributed by atoms with Crippen LogP contribution < -0.4 is 0 Å². The monoisotopic (exact) mass is 346 g/mol. The average Bonchev–Trinajstić information content (AvgIpc) is 3.23. The Morgan fingerprint density at radius 2 is 2.08 bits per heavy atom. The fourth-order valence-electron chi connectivity index (χ4n) is 5.98. The third-order valence-electron chi connectivity index (χ3n) is 7.10. The van der Waals surface area contributed by atoms with Crippen molar-refractivity contribution < 1.29 is 28.9 Å². The lowest BCUT2D eigenvalue weighted by molar-refractivity contribution is -0.155. The molecule has 0 aromatic heterocycles. The number of ether oxygens (including phenoxy) is 3. The van der Waals surface area contributed by atoms with E-state index in [2.05, 4.69) is 6.92 Å². The lowest BCUT2D eigenvalue weighted by Crippen LogP contribution is -2.60. The Bertz CT molecular complexity index is 755. The van der Waals surface area contributed by atoms with Crippen LogP contribution in [-0.2, 0) is 23.8 Å². The Labute approximate surface area is 145 Å². The van der Waals surface area contributed by atoms with Gasteiger partial charge >= 0.3 is 11.9 Å². The number of fused-ring (bicyclic) bond motifs is 2. The van der Waals surface area contributed by atoms with Crippen molar-refractivity contribution in [3.8, 4) is 0 Å². The van der Waals surface area contributed by atoms with E-state index in [0.717, 1.165) is 12.0 Å². The number of hydrogen-bond donors (Lipinski definition) is 1. The van der Waals surface area contributed by atoms with Gasteiger partial charge in [-0.25, -0.2) is 4.79 Å². The minimum absolute atomic E-state index is 0.0691. The first kappa shape index (κ1) is 15.6. The highest BCUT2D eigenvalue weighted by atomic mass is 16.7. The number of aliphatic hydroxyl groups excluding tert-OH is 1. The fraction of sp³-hybridized carbons (Fsp3) is 0.684. The van der Waals surface area contributed by atoms with Crippen molar-refractivity contribution in [2.45, 2.75) is 51.1 Å². The van der Waals surface area contributed by atoms with E-state index in [0.29, 0.717) is 0 Å². The van der Waals surface area contributed by atoms with Crippen LogP contribution >= 0.6 is 0 Å². The molecule has 0 unspecified atom stereocenters. The zero-order valence-corrected chi connectivity index (χ0v) is 14.5. The van der Waals surface area contributed by atoms with Gasteiger partial charge in [0.1, 0.15) is 18.3 Å². The molecule has 5 aliphatic rings. The first-order chi connectivity index (χ1) is 11.8. The molecule has 2 saturated heterocycles. The van der Waals surface area contributed by atoms with Crippen LogP contribution in [0, 0.1) is 22.7 Å². The van der Waals surface area contributed by atoms with Crippen LogP contribution in [0.15, 0.2) is 23.8 Å². The second-order valence-electron chi connectivity index (χ2n) is 8.56. The maximum atomic E-state index is 12.6. The van der Waals surface area contributed by atoms with Gasteiger partial charge in [0.05, 0.1) is 5.41 Å². The van der Waals surface area contributed by atoms with E-state index in [1.807, 2.05) is 26.0 Å². The molecule has 5 rings (SSSR count). The summed E-state index contributed by atoms with van der Waals surface area (Å²) in [5.41, 5.74) is -0.986. The van der Waals surface area contributed by atoms with Crippen LogP contribution in [-0.4, -0.2) is 47.6 Å². The molecule has 6 heteroatoms. The number of carbonyl (C=O) groups is 2. The normalized spacial score (nSPS) is 53.0. The molecule has 1 N–H and O–H groups in total. The van der Waals surface area contributed by atoms with E-state index in [4.69, 9.17) is 14.2 Å². The molecule has 1 spiro atoms. The first-order valence-corrected chi connectivity index (χ1v) is 8.90. The van der Waals surface area contributed by atoms with Crippen LogP contribution in [0.2, 0.25) is 0 Å². The van der Waals surface area contributed by atoms with Crippen molar-refractivity contribution in [1.82, 2.24) is 0 Å². The predicted molar refractivity (Wildman–Crippen MR) is 85.2 cm³/mol. The maximum Gasteiger partial charge on any atom is 0.331 e. The van der Waals surface area contributed by atoms with Gasteiger partial charge in [-0.05, 0) is 18.9 Å². The summed E-state index contributed by atoms with van der Waals surface area (Å²) in [6.07, 6.45) is 5.01. The lowest BCUT2D eigenvalue weighted by Gasteiger charge is -2.52. The lowest BCUT2D eigenvalue weighted by atomic mass is 9.49. The largest absolute Gasteiger partial charge is 0.458 e. The van der Waals surface area contributed by atoms with Gasteiger partial charge in [0.2, 0.25) is 0 Å². The van der Waals surface area contributed by atoms with Gasteiger partial charge in [-0.1, -0.05) is 26.0 Å². The number of epoxide rings is 1. The van der Waals surface area contributed by atoms with Gasteiger partial charge in [-0.2, -0.15) is 0 Å². The summed E-state index contributed by atoms with van der Waals surface area (Å²) >= 11 is 0. The summed E-state index contributed by atoms with van der Waals surface area (Å²) in [5.74, 6) is -0.962. The second-order valence-corrected chi connectivity index (χ2v) is 8.56. The van der Waals surface area contributed by atoms with Gasteiger partial charge in [-0.15, -0.1) is 0 Å². The van der Waals surface area contributed by atoms with E-state index in [-0.39, 0.29) is 36.6 Å². The van der Waals surface area contributed by atoms with Gasteiger partial charge in [0.25, 0.3) is 0 Å². The zero-order valence-electron chi connectivity index (χ0n) is 14.5. The van der Waals surface area contributed by atoms with Gasteiger partial charge in [0.15, 0.2) is 5.60 Å². The van der Waals surface area contributed by atoms with E-state index in [9.17, 15) is 14.7 Å². The van der Waals surface area contributed by atoms with E-state index < -0.39 is 28.5 Å². The molecule has 1 saturated carbocycles. The third-order valence-corrected chi connectivity index (χ3v) is 7.10. The summed E-state index contributed by atoms with van der Waals surface area (Å²) in [6, 6.07) is 0. The highest BCUT2D eigenvalue weighted by Crippen LogP contribution is 2.71. The highest BCUT2D eigenvalue weighted by molar-refractivity contribution is 5.88. The fourth-order valence-corrected chi connectivity index (χ4v) is 5.98. The Hall–Kier alpha value is -1.66. The number of aliphatic hydroxyl groups is 1. The average molecular weight is 346 g/mol. The minimum Gasteiger partial charge on any atom is -0.458 e. The molecule has 0 aromatic rings. The Morgan fingerprint density at radius 1 is 1.32 bits per heavy atom. The van der Waals surface area contributed by atoms with Crippen molar-refractivity contribution >= 4 is 11.9 Å². The summed E-state index contributed by atoms with van der Waals surface area (Å²) < 4.78 is 17.5. The van der Waals surface area contributed by atoms with E-state index >= 15 is 0 Å². The number of esters is 2. The molecule has 3 fully saturated rings. The second kappa shape index (κ2) is 4.35. The van der Waals surface area contributed by atoms with Crippen LogP contribution in [0.5, 0.6) is 0 Å². The van der Waals surface area contributed by atoms with Gasteiger partial charge < -0.3 is 19.3 Å². The molecule has 0 radical (unpaired) electrons. The molecular weight excluding hydrogens is 324 g/mol. The van der Waals surface area contributed by atoms with Crippen LogP contribution in [0.4, 0.5) is 0 Å². The van der Waals surface area contributed by atoms with Crippen molar-refractivity contribution in [3.05, 3.63) is 23.8 Å². The molecule has 3 heterocycles. The molecule has 8 atom stereocenters. The Balaban J connectivity index is 1.71. The van der Waals surface area contributed by atoms with Crippen molar-refractivity contribution in [1.29, 1.82) is 0 Å². The molecule has 25 heavy (non-hydrogen) atoms. The van der Waals surface area contributed by atoms with Crippen molar-refractivity contribution in [2.24, 2.45) is 22.7 Å². The first-order valence-electron chi connectivity index (χ1n) is 8.90. The zero-order chi connectivity index (χ0) is 17.8. The van der Waals surface area contributed by atoms with E-state index in [1.54, 1.807) is 6.08 Å². The molecule has 0 amide bonds. The smallest absolute Gasteiger partial charge is 0.331 e. The van der Waals surface area contributed by atoms with Crippen LogP contribution in [0.25, 0.3) is 0 Å². The Morgan fingerprint density at radius 3 is 2.80 bits per heavy atom. The SMILES string of the molecule is C[C@H](CO)[C@H]1OC(=O)C=C2[C@@]13O[C@@H]3[C@H]1OC(=O)[C@@]3(C)C=CC[C@@]2(C)[C@@H]13. The number of rotatable bonds is 2. The number of allylic oxidation sites excluding steroid dienone is 1. The highest BCUT2D eigenvalue weighted by Gasteiger charge is 2.82. The number of cyclic esters (lactones) is 1. The summed E-state index contributed by atoms with van der Waals surface area (Å²) in [7, 11) is 0. The standard InChI is InChI=1S/C19H22O6/c1-9(8-20)14-19-10(7-11(21)23-14)17(2)5-4-6-18(3)13(17)12(15(19)25-19)24-16(18)22/h4,6-7,9,12-15,20H,5,8H2,1-3H3/t9-,12+,13-,14-,15-,17-,18+,19-/m1/s1. The van der Waals surface area contributed by atoms with Crippen molar-refractivity contribution in [2.75, 3.05) is 6.61 Å². The number of carbonyl (C=O) groups excluding carboxylic acids is 2. The summed E-state index contributed by atoms with van der Waals surface area (Å²) in [5, 5.41) is 9.64. The van der Waals surface area contributed by atoms with Gasteiger partial charge in [0, 0.05) is 29.9 Å². The third kappa shape index (κ3) is 1.55. The number of hydrogen-bond acceptors (Lipinski definition) is 6. The Kier molecular flexibility index (Phi) is 2.71. The van der Waals surface area contributed by atoms with Crippen LogP contribution in [0.1, 0.15) is 27.2 Å². The summed E-state index contributed by atoms with van der Waals surface area (Å²) in [6.45, 7) is 5.75. The minimum atomic E-state index is -0.775. The van der Waals surface area contributed by atoms with Gasteiger partial charge in [-0.3, -0.25) is 4.79 Å². The molecule has 134 valence electrons. The molecular formula is C19H22O6. The van der Waals surface area contributed by atoms with Crippen molar-refractivity contribution in [3.63, 3.8) is 0 Å². The molecule has 6 nitrogen and oxygen atoms in total. The van der Waals surface area contributed by atoms with Crippen LogP contribution in [0.3, 0.4) is 0 Å². The van der Waals surface area contributed by atoms with E-state index in [1.165, 1.54) is 0 Å². The summed E-state index contributed by atoms with van der Waals surface area (Å²) in [4.78, 5) is 24.9. The predicted octanol–water partition coefficient (Wildman–Crippen LogP) is 1.13.